The summed E-state index contributed by atoms with van der Waals surface area (Å²) in [5.74, 6) is 0. The molecule has 134 valence electrons. The molecule has 0 unspecified atom stereocenters. The van der Waals surface area contributed by atoms with Gasteiger partial charge in [-0.2, -0.15) is 0 Å². The van der Waals surface area contributed by atoms with Crippen LogP contribution in [0.25, 0.3) is 0 Å². The smallest absolute Gasteiger partial charge is 0.320 e. The van der Waals surface area contributed by atoms with Crippen molar-refractivity contribution < 1.29 is 14.6 Å². The van der Waals surface area contributed by atoms with Crippen molar-refractivity contribution in [1.82, 2.24) is 5.32 Å². The van der Waals surface area contributed by atoms with Gasteiger partial charge in [0.05, 0.1) is 24.9 Å². The number of rotatable bonds is 7. The van der Waals surface area contributed by atoms with Crippen molar-refractivity contribution in [3.63, 3.8) is 0 Å². The lowest BCUT2D eigenvalue weighted by molar-refractivity contribution is 0.0657. The van der Waals surface area contributed by atoms with Crippen molar-refractivity contribution in [2.24, 2.45) is 0 Å². The maximum atomic E-state index is 12.4. The average molecular weight is 342 g/mol. The third kappa shape index (κ3) is 5.59. The van der Waals surface area contributed by atoms with Gasteiger partial charge in [0.15, 0.2) is 0 Å². The SMILES string of the molecule is CC(C)OCc1cccc(NC(=O)N[C@](C)(CO)c2ccccc2)c1. The fourth-order valence-corrected chi connectivity index (χ4v) is 2.42. The minimum Gasteiger partial charge on any atom is -0.394 e. The van der Waals surface area contributed by atoms with Crippen molar-refractivity contribution in [1.29, 1.82) is 0 Å². The summed E-state index contributed by atoms with van der Waals surface area (Å²) >= 11 is 0. The molecule has 2 rings (SSSR count). The third-order valence-corrected chi connectivity index (χ3v) is 3.88. The van der Waals surface area contributed by atoms with Gasteiger partial charge in [0.1, 0.15) is 0 Å². The zero-order chi connectivity index (χ0) is 18.3. The molecule has 0 spiro atoms. The normalized spacial score (nSPS) is 13.3. The Kier molecular flexibility index (Phi) is 6.56. The van der Waals surface area contributed by atoms with Crippen LogP contribution in [0, 0.1) is 0 Å². The van der Waals surface area contributed by atoms with Crippen LogP contribution < -0.4 is 10.6 Å². The Morgan fingerprint density at radius 1 is 1.16 bits per heavy atom. The van der Waals surface area contributed by atoms with Crippen molar-refractivity contribution >= 4 is 11.7 Å². The second-order valence-electron chi connectivity index (χ2n) is 6.50. The van der Waals surface area contributed by atoms with E-state index in [1.807, 2.05) is 68.4 Å². The number of aliphatic hydroxyl groups excluding tert-OH is 1. The first-order valence-corrected chi connectivity index (χ1v) is 8.39. The van der Waals surface area contributed by atoms with E-state index >= 15 is 0 Å². The van der Waals surface area contributed by atoms with Crippen LogP contribution in [-0.4, -0.2) is 23.8 Å². The van der Waals surface area contributed by atoms with Gasteiger partial charge in [-0.25, -0.2) is 4.79 Å². The second-order valence-corrected chi connectivity index (χ2v) is 6.50. The van der Waals surface area contributed by atoms with Crippen LogP contribution >= 0.6 is 0 Å². The third-order valence-electron chi connectivity index (χ3n) is 3.88. The molecule has 25 heavy (non-hydrogen) atoms. The van der Waals surface area contributed by atoms with E-state index in [4.69, 9.17) is 4.74 Å². The van der Waals surface area contributed by atoms with Gasteiger partial charge in [-0.3, -0.25) is 0 Å². The Bertz CT molecular complexity index is 688. The molecule has 5 heteroatoms. The van der Waals surface area contributed by atoms with Gasteiger partial charge >= 0.3 is 6.03 Å². The maximum Gasteiger partial charge on any atom is 0.320 e. The van der Waals surface area contributed by atoms with Crippen molar-refractivity contribution in [2.75, 3.05) is 11.9 Å². The summed E-state index contributed by atoms with van der Waals surface area (Å²) in [6, 6.07) is 16.5. The highest BCUT2D eigenvalue weighted by molar-refractivity contribution is 5.90. The first-order chi connectivity index (χ1) is 11.9. The van der Waals surface area contributed by atoms with Gasteiger partial charge in [-0.15, -0.1) is 0 Å². The fraction of sp³-hybridized carbons (Fsp3) is 0.350. The van der Waals surface area contributed by atoms with Gasteiger partial charge in [0.25, 0.3) is 0 Å². The van der Waals surface area contributed by atoms with E-state index in [0.717, 1.165) is 11.1 Å². The lowest BCUT2D eigenvalue weighted by Gasteiger charge is -2.29. The molecule has 1 atom stereocenters. The average Bonchev–Trinajstić information content (AvgIpc) is 2.61. The predicted molar refractivity (Wildman–Crippen MR) is 99.4 cm³/mol. The van der Waals surface area contributed by atoms with E-state index < -0.39 is 5.54 Å². The van der Waals surface area contributed by atoms with Crippen LogP contribution in [0.4, 0.5) is 10.5 Å². The minimum atomic E-state index is -0.857. The van der Waals surface area contributed by atoms with Gasteiger partial charge in [-0.05, 0) is 44.0 Å². The van der Waals surface area contributed by atoms with Crippen LogP contribution in [0.15, 0.2) is 54.6 Å². The number of benzene rings is 2. The molecule has 0 radical (unpaired) electrons. The number of hydrogen-bond donors (Lipinski definition) is 3. The fourth-order valence-electron chi connectivity index (χ4n) is 2.42. The van der Waals surface area contributed by atoms with Crippen molar-refractivity contribution in [3.05, 3.63) is 65.7 Å². The Morgan fingerprint density at radius 3 is 2.52 bits per heavy atom. The van der Waals surface area contributed by atoms with E-state index in [-0.39, 0.29) is 18.7 Å². The highest BCUT2D eigenvalue weighted by atomic mass is 16.5. The monoisotopic (exact) mass is 342 g/mol. The van der Waals surface area contributed by atoms with E-state index in [1.54, 1.807) is 6.92 Å². The lowest BCUT2D eigenvalue weighted by atomic mass is 9.93. The second kappa shape index (κ2) is 8.65. The van der Waals surface area contributed by atoms with E-state index in [1.165, 1.54) is 0 Å². The lowest BCUT2D eigenvalue weighted by Crippen LogP contribution is -2.48. The van der Waals surface area contributed by atoms with Crippen molar-refractivity contribution in [2.45, 2.75) is 39.0 Å². The van der Waals surface area contributed by atoms with Crippen LogP contribution in [0.3, 0.4) is 0 Å². The highest BCUT2D eigenvalue weighted by Crippen LogP contribution is 2.20. The molecule has 0 bridgehead atoms. The summed E-state index contributed by atoms with van der Waals surface area (Å²) in [6.07, 6.45) is 0.149. The molecule has 0 aromatic heterocycles. The maximum absolute atomic E-state index is 12.4. The molecular formula is C20H26N2O3. The first-order valence-electron chi connectivity index (χ1n) is 8.39. The van der Waals surface area contributed by atoms with Crippen LogP contribution in [-0.2, 0) is 16.9 Å². The van der Waals surface area contributed by atoms with Crippen LogP contribution in [0.5, 0.6) is 0 Å². The molecule has 5 nitrogen and oxygen atoms in total. The standard InChI is InChI=1S/C20H26N2O3/c1-15(2)25-13-16-8-7-11-18(12-16)21-19(24)22-20(3,14-23)17-9-5-4-6-10-17/h4-12,15,23H,13-14H2,1-3H3,(H2,21,22,24)/t20-/m1/s1. The predicted octanol–water partition coefficient (Wildman–Crippen LogP) is 3.64. The number of ether oxygens (including phenoxy) is 1. The Hall–Kier alpha value is -2.37. The van der Waals surface area contributed by atoms with Gasteiger partial charge in [-0.1, -0.05) is 42.5 Å². The quantitative estimate of drug-likeness (QED) is 0.719. The zero-order valence-electron chi connectivity index (χ0n) is 15.0. The molecule has 2 amide bonds. The van der Waals surface area contributed by atoms with Crippen molar-refractivity contribution in [3.8, 4) is 0 Å². The summed E-state index contributed by atoms with van der Waals surface area (Å²) in [5.41, 5.74) is 1.64. The van der Waals surface area contributed by atoms with E-state index in [2.05, 4.69) is 10.6 Å². The number of amides is 2. The molecule has 2 aromatic carbocycles. The summed E-state index contributed by atoms with van der Waals surface area (Å²) in [5, 5.41) is 15.4. The minimum absolute atomic E-state index is 0.149. The number of aliphatic hydroxyl groups is 1. The molecule has 0 fully saturated rings. The van der Waals surface area contributed by atoms with Gasteiger partial charge in [0, 0.05) is 5.69 Å². The molecule has 0 aliphatic carbocycles. The summed E-state index contributed by atoms with van der Waals surface area (Å²) < 4.78 is 5.58. The highest BCUT2D eigenvalue weighted by Gasteiger charge is 2.27. The Morgan fingerprint density at radius 2 is 1.88 bits per heavy atom. The number of nitrogens with one attached hydrogen (secondary N) is 2. The number of urea groups is 1. The summed E-state index contributed by atoms with van der Waals surface area (Å²) in [7, 11) is 0. The Balaban J connectivity index is 2.03. The molecule has 0 aliphatic rings. The number of hydrogen-bond acceptors (Lipinski definition) is 3. The number of anilines is 1. The largest absolute Gasteiger partial charge is 0.394 e. The topological polar surface area (TPSA) is 70.6 Å². The Labute approximate surface area is 149 Å². The number of carbonyl (C=O) groups excluding carboxylic acids is 1. The van der Waals surface area contributed by atoms with Crippen LogP contribution in [0.1, 0.15) is 31.9 Å². The molecular weight excluding hydrogens is 316 g/mol. The summed E-state index contributed by atoms with van der Waals surface area (Å²) in [4.78, 5) is 12.4. The molecule has 0 aliphatic heterocycles. The van der Waals surface area contributed by atoms with Gasteiger partial charge in [0.2, 0.25) is 0 Å². The molecule has 0 saturated heterocycles. The number of carbonyl (C=O) groups is 1. The van der Waals surface area contributed by atoms with E-state index in [0.29, 0.717) is 12.3 Å². The molecule has 2 aromatic rings. The van der Waals surface area contributed by atoms with E-state index in [9.17, 15) is 9.90 Å². The van der Waals surface area contributed by atoms with Gasteiger partial charge < -0.3 is 20.5 Å². The zero-order valence-corrected chi connectivity index (χ0v) is 15.0. The van der Waals surface area contributed by atoms with Crippen LogP contribution in [0.2, 0.25) is 0 Å². The molecule has 0 saturated carbocycles. The molecule has 0 heterocycles. The molecule has 3 N–H and O–H groups in total. The summed E-state index contributed by atoms with van der Waals surface area (Å²) in [6.45, 7) is 6.04. The first kappa shape index (κ1) is 19.0.